The fourth-order valence-electron chi connectivity index (χ4n) is 1.65. The molecule has 108 valence electrons. The van der Waals surface area contributed by atoms with Gasteiger partial charge in [-0.15, -0.1) is 11.3 Å². The number of thiazole rings is 1. The van der Waals surface area contributed by atoms with Gasteiger partial charge in [0.1, 0.15) is 6.61 Å². The Morgan fingerprint density at radius 1 is 1.48 bits per heavy atom. The van der Waals surface area contributed by atoms with Gasteiger partial charge >= 0.3 is 0 Å². The molecule has 4 nitrogen and oxygen atoms in total. The van der Waals surface area contributed by atoms with Crippen molar-refractivity contribution >= 4 is 28.8 Å². The first-order valence-electron chi connectivity index (χ1n) is 6.26. The smallest absolute Gasteiger partial charge is 0.251 e. The van der Waals surface area contributed by atoms with Gasteiger partial charge in [-0.3, -0.25) is 4.79 Å². The first-order chi connectivity index (χ1) is 10.2. The van der Waals surface area contributed by atoms with Crippen LogP contribution < -0.4 is 5.32 Å². The third kappa shape index (κ3) is 4.57. The molecule has 1 aromatic heterocycles. The number of nitrogens with zero attached hydrogens (tertiary/aromatic N) is 1. The van der Waals surface area contributed by atoms with Gasteiger partial charge in [0.15, 0.2) is 0 Å². The SMILES string of the molecule is O=C(NCCc1nccs1)c1ccc(C#CCO)c(Cl)c1. The van der Waals surface area contributed by atoms with Crippen molar-refractivity contribution in [2.24, 2.45) is 0 Å². The molecule has 0 bridgehead atoms. The lowest BCUT2D eigenvalue weighted by atomic mass is 10.1. The second kappa shape index (κ2) is 7.79. The van der Waals surface area contributed by atoms with E-state index in [4.69, 9.17) is 16.7 Å². The van der Waals surface area contributed by atoms with Crippen molar-refractivity contribution in [3.8, 4) is 11.8 Å². The maximum absolute atomic E-state index is 12.0. The standard InChI is InChI=1S/C15H13ClN2O2S/c16-13-10-12(4-3-11(13)2-1-8-19)15(20)18-6-5-14-17-7-9-21-14/h3-4,7,9-10,19H,5-6,8H2,(H,18,20). The lowest BCUT2D eigenvalue weighted by Crippen LogP contribution is -2.25. The molecular formula is C15H13ClN2O2S. The van der Waals surface area contributed by atoms with Crippen LogP contribution in [0.3, 0.4) is 0 Å². The number of halogens is 1. The quantitative estimate of drug-likeness (QED) is 0.848. The summed E-state index contributed by atoms with van der Waals surface area (Å²) in [4.78, 5) is 16.1. The van der Waals surface area contributed by atoms with Crippen LogP contribution in [0.1, 0.15) is 20.9 Å². The number of nitrogens with one attached hydrogen (secondary N) is 1. The molecule has 0 saturated heterocycles. The molecule has 0 saturated carbocycles. The highest BCUT2D eigenvalue weighted by atomic mass is 35.5. The average Bonchev–Trinajstić information content (AvgIpc) is 2.99. The summed E-state index contributed by atoms with van der Waals surface area (Å²) in [7, 11) is 0. The number of amides is 1. The second-order valence-corrected chi connectivity index (χ2v) is 5.47. The summed E-state index contributed by atoms with van der Waals surface area (Å²) in [6.07, 6.45) is 2.45. The van der Waals surface area contributed by atoms with Gasteiger partial charge in [-0.2, -0.15) is 0 Å². The van der Waals surface area contributed by atoms with Crippen molar-refractivity contribution in [2.75, 3.05) is 13.2 Å². The average molecular weight is 321 g/mol. The van der Waals surface area contributed by atoms with Crippen molar-refractivity contribution < 1.29 is 9.90 Å². The number of aliphatic hydroxyl groups excluding tert-OH is 1. The third-order valence-corrected chi connectivity index (χ3v) is 3.79. The van der Waals surface area contributed by atoms with E-state index < -0.39 is 0 Å². The molecule has 0 aliphatic heterocycles. The lowest BCUT2D eigenvalue weighted by Gasteiger charge is -2.05. The summed E-state index contributed by atoms with van der Waals surface area (Å²) in [5.41, 5.74) is 1.07. The number of benzene rings is 1. The van der Waals surface area contributed by atoms with Gasteiger partial charge in [-0.05, 0) is 18.2 Å². The number of hydrogen-bond donors (Lipinski definition) is 2. The Kier molecular flexibility index (Phi) is 5.76. The van der Waals surface area contributed by atoms with Gasteiger partial charge in [-0.1, -0.05) is 23.4 Å². The molecule has 1 aromatic carbocycles. The highest BCUT2D eigenvalue weighted by Crippen LogP contribution is 2.17. The van der Waals surface area contributed by atoms with E-state index in [1.54, 1.807) is 35.7 Å². The zero-order valence-corrected chi connectivity index (χ0v) is 12.7. The molecule has 0 fully saturated rings. The van der Waals surface area contributed by atoms with Crippen LogP contribution in [0.25, 0.3) is 0 Å². The van der Waals surface area contributed by atoms with Crippen molar-refractivity contribution in [1.82, 2.24) is 10.3 Å². The van der Waals surface area contributed by atoms with Crippen molar-refractivity contribution in [2.45, 2.75) is 6.42 Å². The molecule has 2 rings (SSSR count). The van der Waals surface area contributed by atoms with Gasteiger partial charge in [-0.25, -0.2) is 4.98 Å². The Labute approximate surface area is 131 Å². The molecule has 6 heteroatoms. The highest BCUT2D eigenvalue weighted by molar-refractivity contribution is 7.09. The van der Waals surface area contributed by atoms with Crippen molar-refractivity contribution in [1.29, 1.82) is 0 Å². The Hall–Kier alpha value is -1.87. The van der Waals surface area contributed by atoms with E-state index in [-0.39, 0.29) is 12.5 Å². The van der Waals surface area contributed by atoms with Crippen LogP contribution >= 0.6 is 22.9 Å². The lowest BCUT2D eigenvalue weighted by molar-refractivity contribution is 0.0954. The molecule has 1 amide bonds. The van der Waals surface area contributed by atoms with Crippen LogP contribution in [-0.2, 0) is 6.42 Å². The topological polar surface area (TPSA) is 62.2 Å². The van der Waals surface area contributed by atoms with Crippen LogP contribution in [0, 0.1) is 11.8 Å². The molecule has 1 heterocycles. The molecule has 2 aromatic rings. The summed E-state index contributed by atoms with van der Waals surface area (Å²) >= 11 is 7.62. The van der Waals surface area contributed by atoms with Gasteiger partial charge in [0.25, 0.3) is 5.91 Å². The number of rotatable bonds is 4. The fourth-order valence-corrected chi connectivity index (χ4v) is 2.50. The van der Waals surface area contributed by atoms with Crippen LogP contribution in [0.5, 0.6) is 0 Å². The van der Waals surface area contributed by atoms with E-state index in [0.717, 1.165) is 5.01 Å². The van der Waals surface area contributed by atoms with E-state index in [0.29, 0.717) is 29.1 Å². The van der Waals surface area contributed by atoms with E-state index in [9.17, 15) is 4.79 Å². The predicted molar refractivity (Wildman–Crippen MR) is 83.6 cm³/mol. The molecule has 0 aliphatic rings. The Balaban J connectivity index is 1.94. The van der Waals surface area contributed by atoms with E-state index in [1.807, 2.05) is 5.38 Å². The van der Waals surface area contributed by atoms with Gasteiger partial charge in [0.05, 0.1) is 10.0 Å². The highest BCUT2D eigenvalue weighted by Gasteiger charge is 2.08. The van der Waals surface area contributed by atoms with Crippen LogP contribution in [0.4, 0.5) is 0 Å². The number of hydrogen-bond acceptors (Lipinski definition) is 4. The molecule has 0 aliphatic carbocycles. The minimum Gasteiger partial charge on any atom is -0.384 e. The van der Waals surface area contributed by atoms with Crippen LogP contribution in [0.2, 0.25) is 5.02 Å². The van der Waals surface area contributed by atoms with Gasteiger partial charge in [0.2, 0.25) is 0 Å². The number of carbonyl (C=O) groups is 1. The predicted octanol–water partition coefficient (Wildman–Crippen LogP) is 2.11. The maximum atomic E-state index is 12.0. The molecular weight excluding hydrogens is 308 g/mol. The van der Waals surface area contributed by atoms with Crippen molar-refractivity contribution in [3.05, 3.63) is 50.9 Å². The Morgan fingerprint density at radius 3 is 3.00 bits per heavy atom. The minimum absolute atomic E-state index is 0.185. The molecule has 2 N–H and O–H groups in total. The monoisotopic (exact) mass is 320 g/mol. The zero-order valence-electron chi connectivity index (χ0n) is 11.1. The number of aliphatic hydroxyl groups is 1. The van der Waals surface area contributed by atoms with E-state index in [1.165, 1.54) is 0 Å². The summed E-state index contributed by atoms with van der Waals surface area (Å²) in [5.74, 6) is 5.05. The molecule has 0 atom stereocenters. The van der Waals surface area contributed by atoms with Crippen LogP contribution in [-0.4, -0.2) is 29.1 Å². The summed E-state index contributed by atoms with van der Waals surface area (Å²) < 4.78 is 0. The van der Waals surface area contributed by atoms with Gasteiger partial charge < -0.3 is 10.4 Å². The second-order valence-electron chi connectivity index (χ2n) is 4.09. The first-order valence-corrected chi connectivity index (χ1v) is 7.52. The Morgan fingerprint density at radius 2 is 2.33 bits per heavy atom. The van der Waals surface area contributed by atoms with E-state index in [2.05, 4.69) is 22.1 Å². The number of aromatic nitrogens is 1. The molecule has 21 heavy (non-hydrogen) atoms. The molecule has 0 spiro atoms. The summed E-state index contributed by atoms with van der Waals surface area (Å²) in [5, 5.41) is 14.8. The van der Waals surface area contributed by atoms with Crippen LogP contribution in [0.15, 0.2) is 29.8 Å². The largest absolute Gasteiger partial charge is 0.384 e. The minimum atomic E-state index is -0.227. The molecule has 0 unspecified atom stereocenters. The van der Waals surface area contributed by atoms with Crippen molar-refractivity contribution in [3.63, 3.8) is 0 Å². The number of carbonyl (C=O) groups excluding carboxylic acids is 1. The Bertz CT molecular complexity index is 675. The van der Waals surface area contributed by atoms with E-state index >= 15 is 0 Å². The molecule has 0 radical (unpaired) electrons. The van der Waals surface area contributed by atoms with Gasteiger partial charge in [0, 0.05) is 35.7 Å². The maximum Gasteiger partial charge on any atom is 0.251 e. The summed E-state index contributed by atoms with van der Waals surface area (Å²) in [6.45, 7) is 0.297. The first kappa shape index (κ1) is 15.5. The zero-order chi connectivity index (χ0) is 15.1. The normalized spacial score (nSPS) is 9.81. The fraction of sp³-hybridized carbons (Fsp3) is 0.200. The summed E-state index contributed by atoms with van der Waals surface area (Å²) in [6, 6.07) is 4.90. The third-order valence-electron chi connectivity index (χ3n) is 2.64.